The van der Waals surface area contributed by atoms with Crippen molar-refractivity contribution in [1.29, 1.82) is 0 Å². The lowest BCUT2D eigenvalue weighted by Crippen LogP contribution is -2.19. The topological polar surface area (TPSA) is 41.1 Å². The summed E-state index contributed by atoms with van der Waals surface area (Å²) >= 11 is 15.3. The first-order valence-corrected chi connectivity index (χ1v) is 7.41. The van der Waals surface area contributed by atoms with Gasteiger partial charge in [0.1, 0.15) is 6.04 Å². The highest BCUT2D eigenvalue weighted by molar-refractivity contribution is 9.10. The number of amides is 1. The van der Waals surface area contributed by atoms with Crippen LogP contribution in [0.5, 0.6) is 0 Å². The van der Waals surface area contributed by atoms with Crippen LogP contribution in [0.2, 0.25) is 10.0 Å². The van der Waals surface area contributed by atoms with Crippen molar-refractivity contribution in [2.75, 3.05) is 10.6 Å². The van der Waals surface area contributed by atoms with Gasteiger partial charge in [0.2, 0.25) is 0 Å². The molecule has 0 aromatic heterocycles. The summed E-state index contributed by atoms with van der Waals surface area (Å²) in [5.74, 6) is -0.0934. The molecular formula is C14H9BrCl2N2O. The van der Waals surface area contributed by atoms with Crippen LogP contribution in [0.1, 0.15) is 11.6 Å². The number of halogens is 3. The van der Waals surface area contributed by atoms with E-state index in [9.17, 15) is 4.79 Å². The number of hydrogen-bond acceptors (Lipinski definition) is 2. The van der Waals surface area contributed by atoms with E-state index in [2.05, 4.69) is 26.6 Å². The molecule has 0 radical (unpaired) electrons. The van der Waals surface area contributed by atoms with E-state index in [1.54, 1.807) is 18.2 Å². The van der Waals surface area contributed by atoms with E-state index in [1.807, 2.05) is 18.2 Å². The van der Waals surface area contributed by atoms with Crippen LogP contribution < -0.4 is 10.6 Å². The normalized spacial score (nSPS) is 16.8. The highest BCUT2D eigenvalue weighted by Gasteiger charge is 2.30. The van der Waals surface area contributed by atoms with Gasteiger partial charge in [-0.3, -0.25) is 4.79 Å². The number of benzene rings is 2. The quantitative estimate of drug-likeness (QED) is 0.791. The fraction of sp³-hybridized carbons (Fsp3) is 0.0714. The van der Waals surface area contributed by atoms with E-state index in [1.165, 1.54) is 0 Å². The molecule has 1 unspecified atom stereocenters. The highest BCUT2D eigenvalue weighted by atomic mass is 79.9. The van der Waals surface area contributed by atoms with Gasteiger partial charge in [0, 0.05) is 21.4 Å². The summed E-state index contributed by atoms with van der Waals surface area (Å²) in [5, 5.41) is 6.94. The van der Waals surface area contributed by atoms with Gasteiger partial charge in [-0.15, -0.1) is 0 Å². The Bertz CT molecular complexity index is 706. The molecule has 1 aliphatic heterocycles. The fourth-order valence-electron chi connectivity index (χ4n) is 2.13. The van der Waals surface area contributed by atoms with E-state index in [4.69, 9.17) is 23.2 Å². The molecule has 0 bridgehead atoms. The minimum atomic E-state index is -0.445. The number of rotatable bonds is 2. The molecule has 6 heteroatoms. The Labute approximate surface area is 134 Å². The molecule has 3 rings (SSSR count). The SMILES string of the molecule is O=C1Nc2ccc(Br)cc2C1Nc1ccc(Cl)c(Cl)c1. The minimum Gasteiger partial charge on any atom is -0.370 e. The Hall–Kier alpha value is -1.23. The predicted molar refractivity (Wildman–Crippen MR) is 85.6 cm³/mol. The summed E-state index contributed by atoms with van der Waals surface area (Å²) in [6.07, 6.45) is 0. The summed E-state index contributed by atoms with van der Waals surface area (Å²) in [7, 11) is 0. The van der Waals surface area contributed by atoms with E-state index < -0.39 is 6.04 Å². The Kier molecular flexibility index (Phi) is 3.63. The van der Waals surface area contributed by atoms with Crippen molar-refractivity contribution >= 4 is 56.4 Å². The number of hydrogen-bond donors (Lipinski definition) is 2. The van der Waals surface area contributed by atoms with Gasteiger partial charge in [0.25, 0.3) is 5.91 Å². The molecule has 0 saturated carbocycles. The van der Waals surface area contributed by atoms with Gasteiger partial charge in [-0.2, -0.15) is 0 Å². The Morgan fingerprint density at radius 3 is 2.65 bits per heavy atom. The van der Waals surface area contributed by atoms with Crippen LogP contribution in [0, 0.1) is 0 Å². The van der Waals surface area contributed by atoms with Crippen LogP contribution in [-0.2, 0) is 4.79 Å². The third kappa shape index (κ3) is 2.51. The summed E-state index contributed by atoms with van der Waals surface area (Å²) < 4.78 is 0.925. The third-order valence-corrected chi connectivity index (χ3v) is 4.31. The van der Waals surface area contributed by atoms with Crippen molar-refractivity contribution in [1.82, 2.24) is 0 Å². The molecule has 0 aliphatic carbocycles. The number of anilines is 2. The van der Waals surface area contributed by atoms with Crippen molar-refractivity contribution in [3.63, 3.8) is 0 Å². The minimum absolute atomic E-state index is 0.0934. The van der Waals surface area contributed by atoms with Gasteiger partial charge in [-0.05, 0) is 36.4 Å². The lowest BCUT2D eigenvalue weighted by atomic mass is 10.1. The molecule has 2 N–H and O–H groups in total. The van der Waals surface area contributed by atoms with Crippen molar-refractivity contribution in [2.45, 2.75) is 6.04 Å². The fourth-order valence-corrected chi connectivity index (χ4v) is 2.81. The van der Waals surface area contributed by atoms with Crippen LogP contribution in [-0.4, -0.2) is 5.91 Å². The zero-order valence-corrected chi connectivity index (χ0v) is 13.2. The number of carbonyl (C=O) groups is 1. The van der Waals surface area contributed by atoms with Crippen molar-refractivity contribution < 1.29 is 4.79 Å². The van der Waals surface area contributed by atoms with Gasteiger partial charge < -0.3 is 10.6 Å². The third-order valence-electron chi connectivity index (χ3n) is 3.08. The molecule has 2 aromatic carbocycles. The monoisotopic (exact) mass is 370 g/mol. The summed E-state index contributed by atoms with van der Waals surface area (Å²) in [6, 6.07) is 10.4. The molecule has 102 valence electrons. The van der Waals surface area contributed by atoms with Crippen molar-refractivity contribution in [3.8, 4) is 0 Å². The first-order chi connectivity index (χ1) is 9.54. The second-order valence-electron chi connectivity index (χ2n) is 4.43. The van der Waals surface area contributed by atoms with E-state index in [-0.39, 0.29) is 5.91 Å². The average molecular weight is 372 g/mol. The molecule has 1 heterocycles. The molecule has 3 nitrogen and oxygen atoms in total. The van der Waals surface area contributed by atoms with Gasteiger partial charge in [0.05, 0.1) is 10.0 Å². The zero-order valence-electron chi connectivity index (χ0n) is 10.1. The van der Waals surface area contributed by atoms with Gasteiger partial charge in [0.15, 0.2) is 0 Å². The van der Waals surface area contributed by atoms with E-state index in [0.717, 1.165) is 21.4 Å². The lowest BCUT2D eigenvalue weighted by molar-refractivity contribution is -0.116. The summed E-state index contributed by atoms with van der Waals surface area (Å²) in [4.78, 5) is 12.1. The van der Waals surface area contributed by atoms with E-state index >= 15 is 0 Å². The highest BCUT2D eigenvalue weighted by Crippen LogP contribution is 2.36. The molecule has 0 fully saturated rings. The zero-order chi connectivity index (χ0) is 14.3. The van der Waals surface area contributed by atoms with Crippen LogP contribution in [0.3, 0.4) is 0 Å². The van der Waals surface area contributed by atoms with Crippen LogP contribution in [0.4, 0.5) is 11.4 Å². The Morgan fingerprint density at radius 1 is 1.10 bits per heavy atom. The van der Waals surface area contributed by atoms with Crippen LogP contribution >= 0.6 is 39.1 Å². The van der Waals surface area contributed by atoms with Crippen molar-refractivity contribution in [2.24, 2.45) is 0 Å². The average Bonchev–Trinajstić information content (AvgIpc) is 2.70. The molecular weight excluding hydrogens is 363 g/mol. The first kappa shape index (κ1) is 13.7. The molecule has 0 spiro atoms. The van der Waals surface area contributed by atoms with Gasteiger partial charge in [-0.25, -0.2) is 0 Å². The summed E-state index contributed by atoms with van der Waals surface area (Å²) in [6.45, 7) is 0. The standard InChI is InChI=1S/C14H9BrCl2N2O/c15-7-1-4-12-9(5-7)13(14(20)19-12)18-8-2-3-10(16)11(17)6-8/h1-6,13,18H,(H,19,20). The molecule has 1 amide bonds. The maximum Gasteiger partial charge on any atom is 0.251 e. The number of carbonyl (C=O) groups excluding carboxylic acids is 1. The van der Waals surface area contributed by atoms with Crippen LogP contribution in [0.15, 0.2) is 40.9 Å². The maximum atomic E-state index is 12.1. The molecule has 1 aliphatic rings. The molecule has 0 saturated heterocycles. The van der Waals surface area contributed by atoms with Gasteiger partial charge in [-0.1, -0.05) is 39.1 Å². The van der Waals surface area contributed by atoms with Crippen LogP contribution in [0.25, 0.3) is 0 Å². The molecule has 20 heavy (non-hydrogen) atoms. The summed E-state index contributed by atoms with van der Waals surface area (Å²) in [5.41, 5.74) is 2.46. The largest absolute Gasteiger partial charge is 0.370 e. The predicted octanol–water partition coefficient (Wildman–Crippen LogP) is 4.86. The van der Waals surface area contributed by atoms with Crippen molar-refractivity contribution in [3.05, 3.63) is 56.5 Å². The maximum absolute atomic E-state index is 12.1. The number of nitrogens with one attached hydrogen (secondary N) is 2. The van der Waals surface area contributed by atoms with E-state index in [0.29, 0.717) is 10.0 Å². The molecule has 2 aromatic rings. The smallest absolute Gasteiger partial charge is 0.251 e. The molecule has 1 atom stereocenters. The second kappa shape index (κ2) is 5.28. The Morgan fingerprint density at radius 2 is 1.90 bits per heavy atom. The number of fused-ring (bicyclic) bond motifs is 1. The van der Waals surface area contributed by atoms with Gasteiger partial charge >= 0.3 is 0 Å². The Balaban J connectivity index is 1.93. The first-order valence-electron chi connectivity index (χ1n) is 5.86. The second-order valence-corrected chi connectivity index (χ2v) is 6.16. The lowest BCUT2D eigenvalue weighted by Gasteiger charge is -2.13.